The number of aromatic nitrogens is 2. The summed E-state index contributed by atoms with van der Waals surface area (Å²) in [5.41, 5.74) is 0.983. The summed E-state index contributed by atoms with van der Waals surface area (Å²) < 4.78 is 7.64. The maximum absolute atomic E-state index is 12.6. The molecule has 0 radical (unpaired) electrons. The van der Waals surface area contributed by atoms with Gasteiger partial charge in [0.2, 0.25) is 5.91 Å². The van der Waals surface area contributed by atoms with Gasteiger partial charge >= 0.3 is 0 Å². The molecule has 0 N–H and O–H groups in total. The van der Waals surface area contributed by atoms with Gasteiger partial charge in [-0.1, -0.05) is 6.92 Å². The Morgan fingerprint density at radius 2 is 2.33 bits per heavy atom. The lowest BCUT2D eigenvalue weighted by molar-refractivity contribution is -0.151. The van der Waals surface area contributed by atoms with Crippen molar-refractivity contribution in [2.24, 2.45) is 7.05 Å². The number of aryl methyl sites for hydroxylation is 1. The SMILES string of the molecule is CCN1CC[C@@H]2[C@H](C1)OCCN2C(=O)Cc1cnn(C)c1. The molecule has 2 aliphatic rings. The number of hydrogen-bond acceptors (Lipinski definition) is 4. The quantitative estimate of drug-likeness (QED) is 0.803. The summed E-state index contributed by atoms with van der Waals surface area (Å²) in [6, 6.07) is 0.241. The van der Waals surface area contributed by atoms with Gasteiger partial charge < -0.3 is 14.5 Å². The highest BCUT2D eigenvalue weighted by Gasteiger charge is 2.38. The van der Waals surface area contributed by atoms with E-state index in [0.29, 0.717) is 19.6 Å². The van der Waals surface area contributed by atoms with Crippen molar-refractivity contribution in [3.05, 3.63) is 18.0 Å². The van der Waals surface area contributed by atoms with Gasteiger partial charge in [0, 0.05) is 32.9 Å². The third-order valence-electron chi connectivity index (χ3n) is 4.55. The number of morpholine rings is 1. The van der Waals surface area contributed by atoms with Crippen molar-refractivity contribution in [3.63, 3.8) is 0 Å². The van der Waals surface area contributed by atoms with E-state index in [-0.39, 0.29) is 18.1 Å². The fraction of sp³-hybridized carbons (Fsp3) is 0.733. The van der Waals surface area contributed by atoms with Crippen molar-refractivity contribution in [1.29, 1.82) is 0 Å². The number of piperidine rings is 1. The fourth-order valence-electron chi connectivity index (χ4n) is 3.39. The van der Waals surface area contributed by atoms with Crippen LogP contribution in [-0.4, -0.2) is 70.4 Å². The van der Waals surface area contributed by atoms with Gasteiger partial charge in [-0.2, -0.15) is 5.10 Å². The lowest BCUT2D eigenvalue weighted by Gasteiger charge is -2.46. The molecule has 1 aromatic rings. The first kappa shape index (κ1) is 14.5. The van der Waals surface area contributed by atoms with Crippen LogP contribution in [0.4, 0.5) is 0 Å². The molecule has 0 unspecified atom stereocenters. The molecule has 0 aromatic carbocycles. The first-order chi connectivity index (χ1) is 10.2. The molecule has 2 saturated heterocycles. The summed E-state index contributed by atoms with van der Waals surface area (Å²) in [4.78, 5) is 17.0. The van der Waals surface area contributed by atoms with Crippen LogP contribution >= 0.6 is 0 Å². The second kappa shape index (κ2) is 6.15. The normalized spacial score (nSPS) is 26.7. The average Bonchev–Trinajstić information content (AvgIpc) is 2.91. The second-order valence-electron chi connectivity index (χ2n) is 5.94. The Kier molecular flexibility index (Phi) is 4.26. The van der Waals surface area contributed by atoms with Gasteiger partial charge in [-0.05, 0) is 18.5 Å². The monoisotopic (exact) mass is 292 g/mol. The number of carbonyl (C=O) groups is 1. The minimum atomic E-state index is 0.172. The number of amides is 1. The molecule has 0 aliphatic carbocycles. The zero-order valence-electron chi connectivity index (χ0n) is 12.9. The van der Waals surface area contributed by atoms with Crippen LogP contribution in [0.1, 0.15) is 18.9 Å². The Morgan fingerprint density at radius 3 is 3.05 bits per heavy atom. The van der Waals surface area contributed by atoms with Crippen molar-refractivity contribution >= 4 is 5.91 Å². The molecule has 0 spiro atoms. The van der Waals surface area contributed by atoms with E-state index in [1.807, 2.05) is 18.1 Å². The molecule has 6 heteroatoms. The van der Waals surface area contributed by atoms with Crippen LogP contribution in [0.2, 0.25) is 0 Å². The maximum atomic E-state index is 12.6. The lowest BCUT2D eigenvalue weighted by Crippen LogP contribution is -2.60. The largest absolute Gasteiger partial charge is 0.373 e. The van der Waals surface area contributed by atoms with Crippen LogP contribution in [-0.2, 0) is 23.0 Å². The molecule has 2 atom stereocenters. The van der Waals surface area contributed by atoms with E-state index in [9.17, 15) is 4.79 Å². The maximum Gasteiger partial charge on any atom is 0.227 e. The van der Waals surface area contributed by atoms with Gasteiger partial charge in [0.05, 0.1) is 31.4 Å². The summed E-state index contributed by atoms with van der Waals surface area (Å²) >= 11 is 0. The zero-order chi connectivity index (χ0) is 14.8. The fourth-order valence-corrected chi connectivity index (χ4v) is 3.39. The van der Waals surface area contributed by atoms with Crippen LogP contribution in [0.15, 0.2) is 12.4 Å². The van der Waals surface area contributed by atoms with Gasteiger partial charge in [-0.15, -0.1) is 0 Å². The molecule has 116 valence electrons. The molecule has 21 heavy (non-hydrogen) atoms. The van der Waals surface area contributed by atoms with Crippen LogP contribution in [0.3, 0.4) is 0 Å². The summed E-state index contributed by atoms with van der Waals surface area (Å²) in [6.45, 7) is 6.59. The Labute approximate surface area is 125 Å². The highest BCUT2D eigenvalue weighted by atomic mass is 16.5. The van der Waals surface area contributed by atoms with Crippen molar-refractivity contribution in [2.75, 3.05) is 32.8 Å². The Bertz CT molecular complexity index is 502. The minimum Gasteiger partial charge on any atom is -0.373 e. The van der Waals surface area contributed by atoms with Gasteiger partial charge in [-0.25, -0.2) is 0 Å². The number of likely N-dealkylation sites (N-methyl/N-ethyl adjacent to an activating group) is 1. The number of rotatable bonds is 3. The van der Waals surface area contributed by atoms with Crippen molar-refractivity contribution in [1.82, 2.24) is 19.6 Å². The van der Waals surface area contributed by atoms with Gasteiger partial charge in [0.15, 0.2) is 0 Å². The molecule has 1 aromatic heterocycles. The Hall–Kier alpha value is -1.40. The molecular weight excluding hydrogens is 268 g/mol. The molecule has 1 amide bonds. The summed E-state index contributed by atoms with van der Waals surface area (Å²) in [5, 5.41) is 4.13. The van der Waals surface area contributed by atoms with Crippen LogP contribution < -0.4 is 0 Å². The number of fused-ring (bicyclic) bond motifs is 1. The number of hydrogen-bond donors (Lipinski definition) is 0. The topological polar surface area (TPSA) is 50.6 Å². The molecule has 0 bridgehead atoms. The second-order valence-corrected chi connectivity index (χ2v) is 5.94. The molecule has 2 aliphatic heterocycles. The Morgan fingerprint density at radius 1 is 1.48 bits per heavy atom. The van der Waals surface area contributed by atoms with Crippen LogP contribution in [0.5, 0.6) is 0 Å². The van der Waals surface area contributed by atoms with Crippen molar-refractivity contribution < 1.29 is 9.53 Å². The smallest absolute Gasteiger partial charge is 0.227 e. The van der Waals surface area contributed by atoms with E-state index in [1.54, 1.807) is 10.9 Å². The highest BCUT2D eigenvalue weighted by Crippen LogP contribution is 2.23. The number of nitrogens with zero attached hydrogens (tertiary/aromatic N) is 4. The van der Waals surface area contributed by atoms with Gasteiger partial charge in [-0.3, -0.25) is 9.48 Å². The van der Waals surface area contributed by atoms with Crippen molar-refractivity contribution in [2.45, 2.75) is 31.9 Å². The van der Waals surface area contributed by atoms with E-state index < -0.39 is 0 Å². The predicted octanol–water partition coefficient (Wildman–Crippen LogP) is 0.284. The van der Waals surface area contributed by atoms with Crippen molar-refractivity contribution in [3.8, 4) is 0 Å². The number of ether oxygens (including phenoxy) is 1. The van der Waals surface area contributed by atoms with E-state index in [4.69, 9.17) is 4.74 Å². The van der Waals surface area contributed by atoms with E-state index in [0.717, 1.165) is 31.6 Å². The standard InChI is InChI=1S/C15H24N4O2/c1-3-18-5-4-13-14(11-18)21-7-6-19(13)15(20)8-12-9-16-17(2)10-12/h9-10,13-14H,3-8,11H2,1-2H3/t13-,14+/m1/s1. The Balaban J connectivity index is 1.65. The molecule has 3 heterocycles. The van der Waals surface area contributed by atoms with E-state index in [2.05, 4.69) is 16.9 Å². The van der Waals surface area contributed by atoms with Gasteiger partial charge in [0.25, 0.3) is 0 Å². The third-order valence-corrected chi connectivity index (χ3v) is 4.55. The van der Waals surface area contributed by atoms with Gasteiger partial charge in [0.1, 0.15) is 0 Å². The predicted molar refractivity (Wildman–Crippen MR) is 78.9 cm³/mol. The third kappa shape index (κ3) is 3.11. The van der Waals surface area contributed by atoms with E-state index in [1.165, 1.54) is 0 Å². The molecule has 3 rings (SSSR count). The number of likely N-dealkylation sites (tertiary alicyclic amines) is 1. The first-order valence-corrected chi connectivity index (χ1v) is 7.78. The highest BCUT2D eigenvalue weighted by molar-refractivity contribution is 5.79. The molecule has 0 saturated carbocycles. The summed E-state index contributed by atoms with van der Waals surface area (Å²) in [5.74, 6) is 0.200. The molecular formula is C15H24N4O2. The first-order valence-electron chi connectivity index (χ1n) is 7.78. The van der Waals surface area contributed by atoms with Crippen LogP contribution in [0.25, 0.3) is 0 Å². The lowest BCUT2D eigenvalue weighted by atomic mass is 9.97. The summed E-state index contributed by atoms with van der Waals surface area (Å²) in [6.07, 6.45) is 5.31. The van der Waals surface area contributed by atoms with Crippen LogP contribution in [0, 0.1) is 0 Å². The van der Waals surface area contributed by atoms with E-state index >= 15 is 0 Å². The number of carbonyl (C=O) groups excluding carboxylic acids is 1. The minimum absolute atomic E-state index is 0.172. The molecule has 2 fully saturated rings. The summed E-state index contributed by atoms with van der Waals surface area (Å²) in [7, 11) is 1.87. The average molecular weight is 292 g/mol. The molecule has 6 nitrogen and oxygen atoms in total. The zero-order valence-corrected chi connectivity index (χ0v) is 12.9.